The fourth-order valence-corrected chi connectivity index (χ4v) is 1.70. The summed E-state index contributed by atoms with van der Waals surface area (Å²) in [4.78, 5) is 5.73. The van der Waals surface area contributed by atoms with E-state index in [-0.39, 0.29) is 12.0 Å². The number of nitrogens with zero attached hydrogens (tertiary/aromatic N) is 2. The Morgan fingerprint density at radius 3 is 2.58 bits per heavy atom. The predicted octanol–water partition coefficient (Wildman–Crippen LogP) is -0.0704. The summed E-state index contributed by atoms with van der Waals surface area (Å²) in [6, 6.07) is 0.0335. The lowest BCUT2D eigenvalue weighted by molar-refractivity contribution is -0.121. The minimum absolute atomic E-state index is 0.0335. The molecule has 0 spiro atoms. The van der Waals surface area contributed by atoms with Crippen LogP contribution in [0.15, 0.2) is 4.99 Å². The molecule has 1 rings (SSSR count). The Hall–Kier alpha value is -0.610. The van der Waals surface area contributed by atoms with Crippen molar-refractivity contribution in [3.05, 3.63) is 0 Å². The van der Waals surface area contributed by atoms with E-state index in [1.54, 1.807) is 13.4 Å². The van der Waals surface area contributed by atoms with Crippen molar-refractivity contribution >= 4 is 6.34 Å². The third-order valence-electron chi connectivity index (χ3n) is 2.50. The van der Waals surface area contributed by atoms with Gasteiger partial charge in [0, 0.05) is 27.1 Å². The van der Waals surface area contributed by atoms with Gasteiger partial charge in [-0.15, -0.1) is 0 Å². The standard InChI is InChI=1S/C8H16N2O2/c1-6-7(8(6,11)12-4)10(3)5-9-2/h5-7,11H,1-4H3/b9-5-. The molecule has 0 radical (unpaired) electrons. The molecule has 4 heteroatoms. The third-order valence-corrected chi connectivity index (χ3v) is 2.50. The molecule has 0 bridgehead atoms. The number of methoxy groups -OCH3 is 1. The first-order chi connectivity index (χ1) is 5.57. The van der Waals surface area contributed by atoms with Crippen LogP contribution in [-0.2, 0) is 4.74 Å². The molecule has 3 atom stereocenters. The van der Waals surface area contributed by atoms with Gasteiger partial charge in [0.15, 0.2) is 5.79 Å². The molecule has 4 nitrogen and oxygen atoms in total. The van der Waals surface area contributed by atoms with Crippen LogP contribution in [0, 0.1) is 5.92 Å². The molecule has 1 aliphatic rings. The normalized spacial score (nSPS) is 40.4. The first-order valence-corrected chi connectivity index (χ1v) is 3.99. The highest BCUT2D eigenvalue weighted by Crippen LogP contribution is 2.46. The Morgan fingerprint density at radius 1 is 1.67 bits per heavy atom. The number of rotatable bonds is 3. The number of ether oxygens (including phenoxy) is 1. The number of likely N-dealkylation sites (N-methyl/N-ethyl adjacent to an activating group) is 1. The first-order valence-electron chi connectivity index (χ1n) is 3.99. The topological polar surface area (TPSA) is 45.1 Å². The van der Waals surface area contributed by atoms with Crippen LogP contribution in [0.1, 0.15) is 6.92 Å². The molecule has 0 aromatic rings. The zero-order valence-corrected chi connectivity index (χ0v) is 7.98. The van der Waals surface area contributed by atoms with Crippen LogP contribution in [0.2, 0.25) is 0 Å². The highest BCUT2D eigenvalue weighted by atomic mass is 16.6. The van der Waals surface area contributed by atoms with Gasteiger partial charge in [0.05, 0.1) is 12.4 Å². The number of aliphatic imine (C=N–C) groups is 1. The van der Waals surface area contributed by atoms with Crippen LogP contribution in [0.3, 0.4) is 0 Å². The lowest BCUT2D eigenvalue weighted by Gasteiger charge is -2.14. The second-order valence-electron chi connectivity index (χ2n) is 3.23. The minimum atomic E-state index is -0.976. The van der Waals surface area contributed by atoms with E-state index in [1.807, 2.05) is 18.9 Å². The minimum Gasteiger partial charge on any atom is -0.364 e. The summed E-state index contributed by atoms with van der Waals surface area (Å²) < 4.78 is 4.99. The van der Waals surface area contributed by atoms with E-state index in [4.69, 9.17) is 4.74 Å². The maximum atomic E-state index is 9.74. The van der Waals surface area contributed by atoms with E-state index >= 15 is 0 Å². The van der Waals surface area contributed by atoms with E-state index in [9.17, 15) is 5.11 Å². The molecule has 1 N–H and O–H groups in total. The summed E-state index contributed by atoms with van der Waals surface area (Å²) in [6.45, 7) is 1.95. The Kier molecular flexibility index (Phi) is 2.39. The molecule has 1 aliphatic carbocycles. The maximum absolute atomic E-state index is 9.74. The molecule has 0 aromatic heterocycles. The maximum Gasteiger partial charge on any atom is 0.191 e. The second-order valence-corrected chi connectivity index (χ2v) is 3.23. The van der Waals surface area contributed by atoms with Crippen molar-refractivity contribution in [3.8, 4) is 0 Å². The molecule has 0 aliphatic heterocycles. The van der Waals surface area contributed by atoms with Gasteiger partial charge >= 0.3 is 0 Å². The van der Waals surface area contributed by atoms with Gasteiger partial charge in [-0.2, -0.15) is 0 Å². The van der Waals surface area contributed by atoms with Crippen molar-refractivity contribution in [2.75, 3.05) is 21.2 Å². The van der Waals surface area contributed by atoms with Gasteiger partial charge in [-0.05, 0) is 0 Å². The molecule has 70 valence electrons. The fraction of sp³-hybridized carbons (Fsp3) is 0.875. The quantitative estimate of drug-likeness (QED) is 0.368. The van der Waals surface area contributed by atoms with Gasteiger partial charge in [-0.25, -0.2) is 0 Å². The zero-order chi connectivity index (χ0) is 9.35. The van der Waals surface area contributed by atoms with E-state index in [1.165, 1.54) is 7.11 Å². The average Bonchev–Trinajstić information content (AvgIpc) is 2.57. The van der Waals surface area contributed by atoms with Crippen molar-refractivity contribution in [2.24, 2.45) is 10.9 Å². The Labute approximate surface area is 72.9 Å². The molecule has 3 unspecified atom stereocenters. The molecule has 1 fully saturated rings. The van der Waals surface area contributed by atoms with Gasteiger partial charge < -0.3 is 14.7 Å². The molecule has 12 heavy (non-hydrogen) atoms. The Bertz CT molecular complexity index is 195. The monoisotopic (exact) mass is 172 g/mol. The number of hydrogen-bond donors (Lipinski definition) is 1. The van der Waals surface area contributed by atoms with Crippen LogP contribution >= 0.6 is 0 Å². The SMILES string of the molecule is C/N=C\N(C)C1C(C)C1(O)OC. The summed E-state index contributed by atoms with van der Waals surface area (Å²) in [6.07, 6.45) is 1.69. The molecule has 0 saturated heterocycles. The molecular formula is C8H16N2O2. The van der Waals surface area contributed by atoms with Crippen LogP contribution in [-0.4, -0.2) is 49.4 Å². The summed E-state index contributed by atoms with van der Waals surface area (Å²) >= 11 is 0. The van der Waals surface area contributed by atoms with Crippen molar-refractivity contribution in [3.63, 3.8) is 0 Å². The van der Waals surface area contributed by atoms with Crippen LogP contribution < -0.4 is 0 Å². The van der Waals surface area contributed by atoms with Gasteiger partial charge in [-0.1, -0.05) is 6.92 Å². The van der Waals surface area contributed by atoms with Crippen LogP contribution in [0.5, 0.6) is 0 Å². The second kappa shape index (κ2) is 3.03. The smallest absolute Gasteiger partial charge is 0.191 e. The molecule has 0 heterocycles. The first kappa shape index (κ1) is 9.48. The summed E-state index contributed by atoms with van der Waals surface area (Å²) in [7, 11) is 5.11. The fourth-order valence-electron chi connectivity index (χ4n) is 1.70. The van der Waals surface area contributed by atoms with Crippen molar-refractivity contribution < 1.29 is 9.84 Å². The van der Waals surface area contributed by atoms with Crippen molar-refractivity contribution in [1.82, 2.24) is 4.90 Å². The van der Waals surface area contributed by atoms with Gasteiger partial charge in [0.25, 0.3) is 0 Å². The molecular weight excluding hydrogens is 156 g/mol. The summed E-state index contributed by atoms with van der Waals surface area (Å²) in [5, 5.41) is 9.74. The Morgan fingerprint density at radius 2 is 2.25 bits per heavy atom. The number of aliphatic hydroxyl groups is 1. The summed E-state index contributed by atoms with van der Waals surface area (Å²) in [5.74, 6) is -0.832. The van der Waals surface area contributed by atoms with E-state index in [0.717, 1.165) is 0 Å². The summed E-state index contributed by atoms with van der Waals surface area (Å²) in [5.41, 5.74) is 0. The van der Waals surface area contributed by atoms with Crippen molar-refractivity contribution in [1.29, 1.82) is 0 Å². The Balaban J connectivity index is 2.58. The van der Waals surface area contributed by atoms with Crippen LogP contribution in [0.4, 0.5) is 0 Å². The van der Waals surface area contributed by atoms with E-state index in [0.29, 0.717) is 0 Å². The predicted molar refractivity (Wildman–Crippen MR) is 47.1 cm³/mol. The molecule has 0 aromatic carbocycles. The highest BCUT2D eigenvalue weighted by Gasteiger charge is 2.64. The van der Waals surface area contributed by atoms with E-state index < -0.39 is 5.79 Å². The highest BCUT2D eigenvalue weighted by molar-refractivity contribution is 5.56. The van der Waals surface area contributed by atoms with Gasteiger partial charge in [-0.3, -0.25) is 4.99 Å². The average molecular weight is 172 g/mol. The largest absolute Gasteiger partial charge is 0.364 e. The molecule has 0 amide bonds. The zero-order valence-electron chi connectivity index (χ0n) is 7.98. The van der Waals surface area contributed by atoms with Gasteiger partial charge in [0.2, 0.25) is 0 Å². The lowest BCUT2D eigenvalue weighted by Crippen LogP contribution is -2.29. The van der Waals surface area contributed by atoms with Gasteiger partial charge in [0.1, 0.15) is 0 Å². The van der Waals surface area contributed by atoms with Crippen molar-refractivity contribution in [2.45, 2.75) is 18.8 Å². The number of hydrogen-bond acceptors (Lipinski definition) is 3. The lowest BCUT2D eigenvalue weighted by atomic mass is 10.4. The molecule has 1 saturated carbocycles. The van der Waals surface area contributed by atoms with E-state index in [2.05, 4.69) is 4.99 Å². The van der Waals surface area contributed by atoms with Crippen LogP contribution in [0.25, 0.3) is 0 Å². The third kappa shape index (κ3) is 1.21.